The van der Waals surface area contributed by atoms with Gasteiger partial charge in [0, 0.05) is 11.5 Å². The molecule has 1 aromatic carbocycles. The molecule has 0 bridgehead atoms. The van der Waals surface area contributed by atoms with Gasteiger partial charge in [-0.25, -0.2) is 4.39 Å². The Morgan fingerprint density at radius 1 is 1.31 bits per heavy atom. The second-order valence-electron chi connectivity index (χ2n) is 3.56. The van der Waals surface area contributed by atoms with Crippen LogP contribution in [-0.4, -0.2) is 0 Å². The van der Waals surface area contributed by atoms with Crippen LogP contribution in [-0.2, 0) is 0 Å². The van der Waals surface area contributed by atoms with Crippen molar-refractivity contribution < 1.29 is 4.39 Å². The fraction of sp³-hybridized carbons (Fsp3) is 0.333. The van der Waals surface area contributed by atoms with Gasteiger partial charge in [0.2, 0.25) is 0 Å². The summed E-state index contributed by atoms with van der Waals surface area (Å²) in [6.07, 6.45) is 2.42. The molecule has 1 heteroatoms. The monoisotopic (exact) mass is 174 g/mol. The Hall–Kier alpha value is -1.29. The number of hydrogen-bond donors (Lipinski definition) is 0. The van der Waals surface area contributed by atoms with Crippen LogP contribution < -0.4 is 0 Å². The minimum Gasteiger partial charge on any atom is -0.207 e. The lowest BCUT2D eigenvalue weighted by Crippen LogP contribution is -1.81. The quantitative estimate of drug-likeness (QED) is 0.530. The van der Waals surface area contributed by atoms with Gasteiger partial charge >= 0.3 is 0 Å². The summed E-state index contributed by atoms with van der Waals surface area (Å²) in [7, 11) is 0. The van der Waals surface area contributed by atoms with Crippen molar-refractivity contribution in [3.63, 3.8) is 0 Å². The molecule has 0 atom stereocenters. The number of benzene rings is 1. The van der Waals surface area contributed by atoms with Gasteiger partial charge in [0.05, 0.1) is 0 Å². The zero-order chi connectivity index (χ0) is 9.26. The lowest BCUT2D eigenvalue weighted by Gasteiger charge is -1.94. The summed E-state index contributed by atoms with van der Waals surface area (Å²) in [5.41, 5.74) is 1.73. The van der Waals surface area contributed by atoms with Crippen molar-refractivity contribution in [1.82, 2.24) is 0 Å². The number of aryl methyl sites for hydroxylation is 1. The molecule has 1 saturated carbocycles. The smallest absolute Gasteiger partial charge is 0.124 e. The summed E-state index contributed by atoms with van der Waals surface area (Å²) in [6.45, 7) is 1.88. The molecule has 0 radical (unpaired) electrons. The van der Waals surface area contributed by atoms with Gasteiger partial charge in [0.15, 0.2) is 0 Å². The fourth-order valence-electron chi connectivity index (χ4n) is 1.22. The summed E-state index contributed by atoms with van der Waals surface area (Å²) in [6, 6.07) is 4.92. The second kappa shape index (κ2) is 3.22. The van der Waals surface area contributed by atoms with Gasteiger partial charge < -0.3 is 0 Å². The van der Waals surface area contributed by atoms with Crippen LogP contribution >= 0.6 is 0 Å². The van der Waals surface area contributed by atoms with E-state index in [0.717, 1.165) is 11.1 Å². The molecule has 1 aliphatic rings. The lowest BCUT2D eigenvalue weighted by atomic mass is 10.1. The van der Waals surface area contributed by atoms with Crippen molar-refractivity contribution in [2.75, 3.05) is 0 Å². The fourth-order valence-corrected chi connectivity index (χ4v) is 1.22. The minimum absolute atomic E-state index is 0.194. The first-order valence-electron chi connectivity index (χ1n) is 4.53. The first-order valence-corrected chi connectivity index (χ1v) is 4.53. The van der Waals surface area contributed by atoms with E-state index < -0.39 is 0 Å². The summed E-state index contributed by atoms with van der Waals surface area (Å²) in [4.78, 5) is 0. The van der Waals surface area contributed by atoms with E-state index in [1.807, 2.05) is 13.0 Å². The van der Waals surface area contributed by atoms with Crippen LogP contribution in [0.2, 0.25) is 0 Å². The third-order valence-electron chi connectivity index (χ3n) is 2.04. The minimum atomic E-state index is -0.194. The normalized spacial score (nSPS) is 14.9. The molecule has 0 nitrogen and oxygen atoms in total. The van der Waals surface area contributed by atoms with E-state index in [0.29, 0.717) is 5.92 Å². The molecule has 13 heavy (non-hydrogen) atoms. The third-order valence-corrected chi connectivity index (χ3v) is 2.04. The summed E-state index contributed by atoms with van der Waals surface area (Å²) < 4.78 is 12.9. The van der Waals surface area contributed by atoms with Crippen molar-refractivity contribution in [1.29, 1.82) is 0 Å². The molecule has 1 aliphatic carbocycles. The molecule has 66 valence electrons. The molecule has 0 amide bonds. The molecule has 2 rings (SSSR count). The molecule has 0 spiro atoms. The van der Waals surface area contributed by atoms with Gasteiger partial charge in [0.1, 0.15) is 5.82 Å². The molecule has 0 unspecified atom stereocenters. The zero-order valence-corrected chi connectivity index (χ0v) is 7.60. The first kappa shape index (κ1) is 8.31. The molecule has 0 saturated heterocycles. The summed E-state index contributed by atoms with van der Waals surface area (Å²) >= 11 is 0. The standard InChI is InChI=1S/C12H11F/c1-9-6-11(8-12(13)7-9)5-4-10-2-3-10/h6-8,10H,2-3H2,1H3. The maximum Gasteiger partial charge on any atom is 0.124 e. The SMILES string of the molecule is Cc1cc(F)cc(C#CC2CC2)c1. The zero-order valence-electron chi connectivity index (χ0n) is 7.60. The second-order valence-corrected chi connectivity index (χ2v) is 3.56. The maximum absolute atomic E-state index is 12.9. The average molecular weight is 174 g/mol. The largest absolute Gasteiger partial charge is 0.207 e. The van der Waals surface area contributed by atoms with Gasteiger partial charge in [0.25, 0.3) is 0 Å². The molecule has 0 heterocycles. The summed E-state index contributed by atoms with van der Waals surface area (Å²) in [5.74, 6) is 6.49. The van der Waals surface area contributed by atoms with E-state index in [4.69, 9.17) is 0 Å². The van der Waals surface area contributed by atoms with Gasteiger partial charge in [-0.15, -0.1) is 0 Å². The molecule has 0 N–H and O–H groups in total. The van der Waals surface area contributed by atoms with Crippen molar-refractivity contribution in [2.45, 2.75) is 19.8 Å². The highest BCUT2D eigenvalue weighted by atomic mass is 19.1. The summed E-state index contributed by atoms with van der Waals surface area (Å²) in [5, 5.41) is 0. The average Bonchev–Trinajstić information content (AvgIpc) is 2.81. The highest BCUT2D eigenvalue weighted by Crippen LogP contribution is 2.27. The van der Waals surface area contributed by atoms with Gasteiger partial charge in [-0.3, -0.25) is 0 Å². The van der Waals surface area contributed by atoms with Crippen LogP contribution in [0.25, 0.3) is 0 Å². The third kappa shape index (κ3) is 2.32. The van der Waals surface area contributed by atoms with Crippen molar-refractivity contribution >= 4 is 0 Å². The predicted octanol–water partition coefficient (Wildman–Crippen LogP) is 2.90. The van der Waals surface area contributed by atoms with Gasteiger partial charge in [-0.2, -0.15) is 0 Å². The Kier molecular flexibility index (Phi) is 2.06. The Morgan fingerprint density at radius 3 is 2.69 bits per heavy atom. The molecular weight excluding hydrogens is 163 g/mol. The van der Waals surface area contributed by atoms with E-state index >= 15 is 0 Å². The van der Waals surface area contributed by atoms with E-state index in [-0.39, 0.29) is 5.82 Å². The molecular formula is C12H11F. The number of halogens is 1. The van der Waals surface area contributed by atoms with Crippen LogP contribution in [0.3, 0.4) is 0 Å². The molecule has 0 aliphatic heterocycles. The number of hydrogen-bond acceptors (Lipinski definition) is 0. The van der Waals surface area contributed by atoms with Crippen molar-refractivity contribution in [3.05, 3.63) is 35.1 Å². The highest BCUT2D eigenvalue weighted by Gasteiger charge is 2.17. The molecule has 0 aromatic heterocycles. The number of rotatable bonds is 0. The Morgan fingerprint density at radius 2 is 2.08 bits per heavy atom. The molecule has 1 fully saturated rings. The van der Waals surface area contributed by atoms with Crippen LogP contribution in [0, 0.1) is 30.5 Å². The van der Waals surface area contributed by atoms with Crippen molar-refractivity contribution in [2.24, 2.45) is 5.92 Å². The Labute approximate surface area is 77.8 Å². The topological polar surface area (TPSA) is 0 Å². The Balaban J connectivity index is 2.25. The van der Waals surface area contributed by atoms with E-state index in [2.05, 4.69) is 11.8 Å². The Bertz CT molecular complexity index is 358. The van der Waals surface area contributed by atoms with Crippen molar-refractivity contribution in [3.8, 4) is 11.8 Å². The first-order chi connectivity index (χ1) is 6.24. The van der Waals surface area contributed by atoms with Gasteiger partial charge in [-0.1, -0.05) is 11.8 Å². The van der Waals surface area contributed by atoms with Gasteiger partial charge in [-0.05, 0) is 43.5 Å². The van der Waals surface area contributed by atoms with Crippen LogP contribution in [0.4, 0.5) is 4.39 Å². The maximum atomic E-state index is 12.9. The van der Waals surface area contributed by atoms with Crippen LogP contribution in [0.1, 0.15) is 24.0 Å². The van der Waals surface area contributed by atoms with Crippen LogP contribution in [0.15, 0.2) is 18.2 Å². The molecule has 1 aromatic rings. The predicted molar refractivity (Wildman–Crippen MR) is 50.7 cm³/mol. The van der Waals surface area contributed by atoms with E-state index in [1.54, 1.807) is 0 Å². The van der Waals surface area contributed by atoms with Crippen LogP contribution in [0.5, 0.6) is 0 Å². The van der Waals surface area contributed by atoms with E-state index in [1.165, 1.54) is 25.0 Å². The lowest BCUT2D eigenvalue weighted by molar-refractivity contribution is 0.626. The highest BCUT2D eigenvalue weighted by molar-refractivity contribution is 5.38. The van der Waals surface area contributed by atoms with E-state index in [9.17, 15) is 4.39 Å².